The molecule has 1 heterocycles. The summed E-state index contributed by atoms with van der Waals surface area (Å²) >= 11 is 12.2. The first-order valence-electron chi connectivity index (χ1n) is 6.26. The standard InChI is InChI=1S/C15H13Cl2NO/c16-10-5-6-12(13(17)8-10)14-7-9-3-1-2-4-11(9)15(19)18-14/h1-5,8,12,14H,6-7H2,(H,18,19). The van der Waals surface area contributed by atoms with Gasteiger partial charge >= 0.3 is 0 Å². The normalized spacial score (nSPS) is 26.1. The van der Waals surface area contributed by atoms with E-state index in [-0.39, 0.29) is 17.9 Å². The maximum Gasteiger partial charge on any atom is 0.251 e. The molecular formula is C15H13Cl2NO. The molecule has 2 atom stereocenters. The summed E-state index contributed by atoms with van der Waals surface area (Å²) < 4.78 is 0. The van der Waals surface area contributed by atoms with Crippen LogP contribution < -0.4 is 5.32 Å². The van der Waals surface area contributed by atoms with Gasteiger partial charge in [0.05, 0.1) is 0 Å². The van der Waals surface area contributed by atoms with Gasteiger partial charge < -0.3 is 5.32 Å². The van der Waals surface area contributed by atoms with E-state index in [9.17, 15) is 4.79 Å². The lowest BCUT2D eigenvalue weighted by molar-refractivity contribution is 0.0913. The molecule has 0 spiro atoms. The lowest BCUT2D eigenvalue weighted by Crippen LogP contribution is -2.46. The fraction of sp³-hybridized carbons (Fsp3) is 0.267. The summed E-state index contributed by atoms with van der Waals surface area (Å²) in [7, 11) is 0. The number of carbonyl (C=O) groups excluding carboxylic acids is 1. The minimum Gasteiger partial charge on any atom is -0.348 e. The number of halogens is 2. The molecule has 2 aliphatic rings. The number of benzene rings is 1. The molecule has 0 saturated carbocycles. The highest BCUT2D eigenvalue weighted by Crippen LogP contribution is 2.33. The number of carbonyl (C=O) groups is 1. The Morgan fingerprint density at radius 1 is 1.21 bits per heavy atom. The minimum atomic E-state index is -0.0167. The molecule has 1 aliphatic heterocycles. The van der Waals surface area contributed by atoms with Crippen molar-refractivity contribution in [2.45, 2.75) is 18.9 Å². The van der Waals surface area contributed by atoms with Gasteiger partial charge in [-0.25, -0.2) is 0 Å². The van der Waals surface area contributed by atoms with Gasteiger partial charge in [-0.1, -0.05) is 47.5 Å². The van der Waals surface area contributed by atoms with Crippen molar-refractivity contribution in [2.24, 2.45) is 5.92 Å². The first kappa shape index (κ1) is 12.8. The second kappa shape index (κ2) is 5.03. The molecule has 1 aliphatic carbocycles. The Morgan fingerprint density at radius 3 is 2.79 bits per heavy atom. The molecule has 0 aromatic heterocycles. The maximum atomic E-state index is 12.1. The van der Waals surface area contributed by atoms with E-state index in [0.29, 0.717) is 5.03 Å². The van der Waals surface area contributed by atoms with E-state index in [0.717, 1.165) is 29.0 Å². The minimum absolute atomic E-state index is 0.0167. The fourth-order valence-corrected chi connectivity index (χ4v) is 3.32. The monoisotopic (exact) mass is 293 g/mol. The smallest absolute Gasteiger partial charge is 0.251 e. The summed E-state index contributed by atoms with van der Waals surface area (Å²) in [6.07, 6.45) is 5.29. The van der Waals surface area contributed by atoms with Crippen LogP contribution in [-0.2, 0) is 6.42 Å². The SMILES string of the molecule is O=C1NC(C2CC=C(Cl)C=C2Cl)Cc2ccccc21. The Bertz CT molecular complexity index is 592. The molecule has 4 heteroatoms. The Kier molecular flexibility index (Phi) is 3.38. The van der Waals surface area contributed by atoms with Gasteiger partial charge in [-0.2, -0.15) is 0 Å². The van der Waals surface area contributed by atoms with Gasteiger partial charge in [0.15, 0.2) is 0 Å². The number of hydrogen-bond donors (Lipinski definition) is 1. The maximum absolute atomic E-state index is 12.1. The van der Waals surface area contributed by atoms with Gasteiger partial charge in [0, 0.05) is 27.6 Å². The highest BCUT2D eigenvalue weighted by atomic mass is 35.5. The molecule has 98 valence electrons. The number of hydrogen-bond acceptors (Lipinski definition) is 1. The average molecular weight is 294 g/mol. The molecular weight excluding hydrogens is 281 g/mol. The van der Waals surface area contributed by atoms with Crippen molar-refractivity contribution in [2.75, 3.05) is 0 Å². The van der Waals surface area contributed by atoms with Crippen LogP contribution in [0.4, 0.5) is 0 Å². The van der Waals surface area contributed by atoms with Crippen LogP contribution in [0.1, 0.15) is 22.3 Å². The Balaban J connectivity index is 1.87. The predicted octanol–water partition coefficient (Wildman–Crippen LogP) is 3.61. The highest BCUT2D eigenvalue weighted by molar-refractivity contribution is 6.35. The van der Waals surface area contributed by atoms with Gasteiger partial charge in [-0.05, 0) is 30.5 Å². The largest absolute Gasteiger partial charge is 0.348 e. The van der Waals surface area contributed by atoms with Gasteiger partial charge in [0.2, 0.25) is 0 Å². The first-order chi connectivity index (χ1) is 9.15. The van der Waals surface area contributed by atoms with Crippen molar-refractivity contribution < 1.29 is 4.79 Å². The Hall–Kier alpha value is -1.25. The topological polar surface area (TPSA) is 29.1 Å². The molecule has 1 amide bonds. The molecule has 1 N–H and O–H groups in total. The van der Waals surface area contributed by atoms with Crippen LogP contribution >= 0.6 is 23.2 Å². The lowest BCUT2D eigenvalue weighted by Gasteiger charge is -2.32. The molecule has 19 heavy (non-hydrogen) atoms. The first-order valence-corrected chi connectivity index (χ1v) is 7.02. The van der Waals surface area contributed by atoms with Crippen LogP contribution in [0.3, 0.4) is 0 Å². The Labute approximate surface area is 122 Å². The second-order valence-corrected chi connectivity index (χ2v) is 5.77. The summed E-state index contributed by atoms with van der Waals surface area (Å²) in [6, 6.07) is 7.74. The molecule has 0 radical (unpaired) electrons. The van der Waals surface area contributed by atoms with E-state index in [1.807, 2.05) is 30.3 Å². The van der Waals surface area contributed by atoms with Crippen molar-refractivity contribution in [1.29, 1.82) is 0 Å². The molecule has 2 nitrogen and oxygen atoms in total. The lowest BCUT2D eigenvalue weighted by atomic mass is 9.84. The number of rotatable bonds is 1. The number of fused-ring (bicyclic) bond motifs is 1. The fourth-order valence-electron chi connectivity index (χ4n) is 2.70. The molecule has 3 rings (SSSR count). The van der Waals surface area contributed by atoms with Crippen molar-refractivity contribution in [3.05, 3.63) is 57.6 Å². The van der Waals surface area contributed by atoms with E-state index >= 15 is 0 Å². The quantitative estimate of drug-likeness (QED) is 0.842. The third-order valence-electron chi connectivity index (χ3n) is 3.70. The van der Waals surface area contributed by atoms with Crippen molar-refractivity contribution in [3.8, 4) is 0 Å². The van der Waals surface area contributed by atoms with Gasteiger partial charge in [-0.3, -0.25) is 4.79 Å². The van der Waals surface area contributed by atoms with Crippen molar-refractivity contribution >= 4 is 29.1 Å². The zero-order valence-electron chi connectivity index (χ0n) is 10.2. The average Bonchev–Trinajstić information content (AvgIpc) is 2.38. The zero-order chi connectivity index (χ0) is 13.4. The summed E-state index contributed by atoms with van der Waals surface area (Å²) in [5.41, 5.74) is 1.85. The van der Waals surface area contributed by atoms with Crippen LogP contribution in [-0.4, -0.2) is 11.9 Å². The molecule has 0 saturated heterocycles. The summed E-state index contributed by atoms with van der Waals surface area (Å²) in [4.78, 5) is 12.1. The van der Waals surface area contributed by atoms with E-state index in [1.54, 1.807) is 6.08 Å². The zero-order valence-corrected chi connectivity index (χ0v) is 11.7. The summed E-state index contributed by atoms with van der Waals surface area (Å²) in [6.45, 7) is 0. The van der Waals surface area contributed by atoms with Crippen LogP contribution in [0, 0.1) is 5.92 Å². The highest BCUT2D eigenvalue weighted by Gasteiger charge is 2.32. The van der Waals surface area contributed by atoms with Crippen LogP contribution in [0.25, 0.3) is 0 Å². The summed E-state index contributed by atoms with van der Waals surface area (Å²) in [5, 5.41) is 4.44. The van der Waals surface area contributed by atoms with Crippen LogP contribution in [0.15, 0.2) is 46.5 Å². The van der Waals surface area contributed by atoms with Gasteiger partial charge in [0.25, 0.3) is 5.91 Å². The number of nitrogens with one attached hydrogen (secondary N) is 1. The van der Waals surface area contributed by atoms with Crippen molar-refractivity contribution in [3.63, 3.8) is 0 Å². The third kappa shape index (κ3) is 2.43. The van der Waals surface area contributed by atoms with Gasteiger partial charge in [0.1, 0.15) is 0 Å². The van der Waals surface area contributed by atoms with Crippen LogP contribution in [0.2, 0.25) is 0 Å². The summed E-state index contributed by atoms with van der Waals surface area (Å²) in [5.74, 6) is 0.0958. The molecule has 1 aromatic rings. The van der Waals surface area contributed by atoms with Gasteiger partial charge in [-0.15, -0.1) is 0 Å². The van der Waals surface area contributed by atoms with Crippen LogP contribution in [0.5, 0.6) is 0 Å². The molecule has 0 bridgehead atoms. The molecule has 0 fully saturated rings. The van der Waals surface area contributed by atoms with E-state index < -0.39 is 0 Å². The Morgan fingerprint density at radius 2 is 2.00 bits per heavy atom. The number of amides is 1. The molecule has 2 unspecified atom stereocenters. The predicted molar refractivity (Wildman–Crippen MR) is 77.4 cm³/mol. The third-order valence-corrected chi connectivity index (χ3v) is 4.35. The van der Waals surface area contributed by atoms with Crippen molar-refractivity contribution in [1.82, 2.24) is 5.32 Å². The van der Waals surface area contributed by atoms with E-state index in [1.165, 1.54) is 0 Å². The number of allylic oxidation sites excluding steroid dienone is 3. The van der Waals surface area contributed by atoms with E-state index in [4.69, 9.17) is 23.2 Å². The second-order valence-electron chi connectivity index (χ2n) is 4.90. The molecule has 1 aromatic carbocycles. The van der Waals surface area contributed by atoms with E-state index in [2.05, 4.69) is 5.32 Å².